The smallest absolute Gasteiger partial charge is 0.260 e. The Labute approximate surface area is 200 Å². The molecule has 0 radical (unpaired) electrons. The van der Waals surface area contributed by atoms with Crippen LogP contribution in [0.4, 0.5) is 10.2 Å². The van der Waals surface area contributed by atoms with Crippen LogP contribution >= 0.6 is 0 Å². The zero-order chi connectivity index (χ0) is 25.3. The van der Waals surface area contributed by atoms with Crippen molar-refractivity contribution in [2.45, 2.75) is 26.2 Å². The molecule has 3 aromatic rings. The summed E-state index contributed by atoms with van der Waals surface area (Å²) in [5, 5.41) is 16.1. The Kier molecular flexibility index (Phi) is 6.61. The standard InChI is InChI=1S/C24H25FN4O6/c1-13(12-30)33-16-9-15(23(31)26-20-7-8-28(3)27-20)10-17(11-16)35-19-6-5-18-22(21(19)25)34-14(2)29(4)24(18)32/h5-11,13-14,30H,12H2,1-4H3,(H,26,27,31)/t13-,14?/m0/s1. The first-order valence-corrected chi connectivity index (χ1v) is 10.8. The molecule has 1 aliphatic heterocycles. The maximum absolute atomic E-state index is 15.3. The number of aliphatic hydroxyl groups excluding tert-OH is 1. The number of aryl methyl sites for hydroxylation is 1. The van der Waals surface area contributed by atoms with Gasteiger partial charge < -0.3 is 29.5 Å². The zero-order valence-corrected chi connectivity index (χ0v) is 19.6. The highest BCUT2D eigenvalue weighted by Gasteiger charge is 2.32. The minimum Gasteiger partial charge on any atom is -0.488 e. The van der Waals surface area contributed by atoms with E-state index >= 15 is 4.39 Å². The lowest BCUT2D eigenvalue weighted by Gasteiger charge is -2.32. The number of hydrogen-bond donors (Lipinski definition) is 2. The number of aromatic nitrogens is 2. The minimum atomic E-state index is -0.842. The van der Waals surface area contributed by atoms with E-state index in [1.165, 1.54) is 39.9 Å². The van der Waals surface area contributed by atoms with Crippen molar-refractivity contribution in [2.75, 3.05) is 19.0 Å². The fraction of sp³-hybridized carbons (Fsp3) is 0.292. The normalized spacial score (nSPS) is 15.8. The second kappa shape index (κ2) is 9.63. The number of benzene rings is 2. The van der Waals surface area contributed by atoms with Gasteiger partial charge in [-0.2, -0.15) is 9.49 Å². The molecule has 2 aromatic carbocycles. The first-order valence-electron chi connectivity index (χ1n) is 10.8. The third-order valence-corrected chi connectivity index (χ3v) is 5.37. The average Bonchev–Trinajstić information content (AvgIpc) is 3.23. The molecular formula is C24H25FN4O6. The maximum Gasteiger partial charge on any atom is 0.260 e. The number of aliphatic hydroxyl groups is 1. The molecule has 2 amide bonds. The zero-order valence-electron chi connectivity index (χ0n) is 19.6. The average molecular weight is 484 g/mol. The lowest BCUT2D eigenvalue weighted by Crippen LogP contribution is -2.43. The number of ether oxygens (including phenoxy) is 3. The maximum atomic E-state index is 15.3. The van der Waals surface area contributed by atoms with E-state index in [4.69, 9.17) is 14.2 Å². The van der Waals surface area contributed by atoms with E-state index in [0.717, 1.165) is 0 Å². The lowest BCUT2D eigenvalue weighted by molar-refractivity contribution is 0.0271. The van der Waals surface area contributed by atoms with Gasteiger partial charge in [0, 0.05) is 38.0 Å². The number of amides is 2. The van der Waals surface area contributed by atoms with Crippen molar-refractivity contribution in [3.8, 4) is 23.0 Å². The summed E-state index contributed by atoms with van der Waals surface area (Å²) in [5.74, 6) is -1.43. The molecule has 2 heterocycles. The van der Waals surface area contributed by atoms with Crippen molar-refractivity contribution < 1.29 is 33.3 Å². The number of carbonyl (C=O) groups is 2. The number of anilines is 1. The van der Waals surface area contributed by atoms with Crippen molar-refractivity contribution in [2.24, 2.45) is 7.05 Å². The molecule has 1 aliphatic rings. The Morgan fingerprint density at radius 1 is 1.26 bits per heavy atom. The van der Waals surface area contributed by atoms with Crippen LogP contribution < -0.4 is 19.5 Å². The predicted molar refractivity (Wildman–Crippen MR) is 123 cm³/mol. The number of carbonyl (C=O) groups excluding carboxylic acids is 2. The second-order valence-corrected chi connectivity index (χ2v) is 8.12. The second-order valence-electron chi connectivity index (χ2n) is 8.12. The van der Waals surface area contributed by atoms with Gasteiger partial charge in [0.05, 0.1) is 12.2 Å². The number of fused-ring (bicyclic) bond motifs is 1. The minimum absolute atomic E-state index is 0.0831. The molecule has 11 heteroatoms. The number of rotatable bonds is 7. The Morgan fingerprint density at radius 2 is 2.00 bits per heavy atom. The van der Waals surface area contributed by atoms with Gasteiger partial charge in [0.1, 0.15) is 17.6 Å². The van der Waals surface area contributed by atoms with Crippen LogP contribution in [0.1, 0.15) is 34.6 Å². The molecule has 1 aromatic heterocycles. The summed E-state index contributed by atoms with van der Waals surface area (Å²) in [5.41, 5.74) is 0.244. The number of halogens is 1. The van der Waals surface area contributed by atoms with Gasteiger partial charge in [0.25, 0.3) is 11.8 Å². The molecule has 35 heavy (non-hydrogen) atoms. The molecule has 1 unspecified atom stereocenters. The van der Waals surface area contributed by atoms with Gasteiger partial charge in [-0.05, 0) is 38.1 Å². The first kappa shape index (κ1) is 24.0. The predicted octanol–water partition coefficient (Wildman–Crippen LogP) is 3.17. The number of nitrogens with zero attached hydrogens (tertiary/aromatic N) is 3. The fourth-order valence-corrected chi connectivity index (χ4v) is 3.40. The van der Waals surface area contributed by atoms with Crippen molar-refractivity contribution in [3.63, 3.8) is 0 Å². The third-order valence-electron chi connectivity index (χ3n) is 5.37. The van der Waals surface area contributed by atoms with Crippen LogP contribution in [0.15, 0.2) is 42.6 Å². The lowest BCUT2D eigenvalue weighted by atomic mass is 10.1. The summed E-state index contributed by atoms with van der Waals surface area (Å²) in [4.78, 5) is 26.6. The number of hydrogen-bond acceptors (Lipinski definition) is 7. The van der Waals surface area contributed by atoms with E-state index < -0.39 is 24.1 Å². The van der Waals surface area contributed by atoms with E-state index in [0.29, 0.717) is 5.82 Å². The van der Waals surface area contributed by atoms with Gasteiger partial charge in [0.2, 0.25) is 5.82 Å². The van der Waals surface area contributed by atoms with E-state index in [-0.39, 0.29) is 46.6 Å². The first-order chi connectivity index (χ1) is 16.7. The van der Waals surface area contributed by atoms with Gasteiger partial charge in [-0.15, -0.1) is 0 Å². The molecule has 0 spiro atoms. The number of nitrogens with one attached hydrogen (secondary N) is 1. The molecule has 184 valence electrons. The van der Waals surface area contributed by atoms with Gasteiger partial charge in [0.15, 0.2) is 23.5 Å². The highest BCUT2D eigenvalue weighted by Crippen LogP contribution is 2.38. The Morgan fingerprint density at radius 3 is 2.69 bits per heavy atom. The summed E-state index contributed by atoms with van der Waals surface area (Å²) in [6, 6.07) is 8.71. The molecular weight excluding hydrogens is 459 g/mol. The van der Waals surface area contributed by atoms with Crippen LogP contribution in [0, 0.1) is 5.82 Å². The van der Waals surface area contributed by atoms with Gasteiger partial charge in [-0.25, -0.2) is 0 Å². The van der Waals surface area contributed by atoms with Crippen LogP contribution in [-0.2, 0) is 7.05 Å². The fourth-order valence-electron chi connectivity index (χ4n) is 3.40. The van der Waals surface area contributed by atoms with Crippen molar-refractivity contribution in [1.82, 2.24) is 14.7 Å². The topological polar surface area (TPSA) is 115 Å². The monoisotopic (exact) mass is 484 g/mol. The SMILES string of the molecule is CC1Oc2c(ccc(Oc3cc(O[C@@H](C)CO)cc(C(=O)Nc4ccn(C)n4)c3)c2F)C(=O)N1C. The van der Waals surface area contributed by atoms with Crippen molar-refractivity contribution >= 4 is 17.6 Å². The highest BCUT2D eigenvalue weighted by atomic mass is 19.1. The largest absolute Gasteiger partial charge is 0.488 e. The van der Waals surface area contributed by atoms with Gasteiger partial charge >= 0.3 is 0 Å². The van der Waals surface area contributed by atoms with Gasteiger partial charge in [-0.3, -0.25) is 14.3 Å². The molecule has 0 saturated heterocycles. The molecule has 0 saturated carbocycles. The molecule has 2 N–H and O–H groups in total. The van der Waals surface area contributed by atoms with E-state index in [2.05, 4.69) is 10.4 Å². The van der Waals surface area contributed by atoms with Crippen LogP contribution in [0.2, 0.25) is 0 Å². The van der Waals surface area contributed by atoms with Crippen LogP contribution in [-0.4, -0.2) is 57.6 Å². The Balaban J connectivity index is 1.66. The van der Waals surface area contributed by atoms with E-state index in [9.17, 15) is 14.7 Å². The van der Waals surface area contributed by atoms with Gasteiger partial charge in [-0.1, -0.05) is 0 Å². The quantitative estimate of drug-likeness (QED) is 0.529. The Hall–Kier alpha value is -4.12. The summed E-state index contributed by atoms with van der Waals surface area (Å²) < 4.78 is 33.8. The molecule has 0 aliphatic carbocycles. The highest BCUT2D eigenvalue weighted by molar-refractivity contribution is 6.04. The van der Waals surface area contributed by atoms with E-state index in [1.807, 2.05) is 0 Å². The molecule has 2 atom stereocenters. The molecule has 0 fully saturated rings. The Bertz CT molecular complexity index is 1280. The molecule has 0 bridgehead atoms. The third kappa shape index (κ3) is 5.04. The summed E-state index contributed by atoms with van der Waals surface area (Å²) in [6.45, 7) is 3.03. The molecule has 4 rings (SSSR count). The van der Waals surface area contributed by atoms with Crippen LogP contribution in [0.5, 0.6) is 23.0 Å². The van der Waals surface area contributed by atoms with Crippen LogP contribution in [0.3, 0.4) is 0 Å². The van der Waals surface area contributed by atoms with E-state index in [1.54, 1.807) is 40.2 Å². The summed E-state index contributed by atoms with van der Waals surface area (Å²) in [6.07, 6.45) is 0.463. The van der Waals surface area contributed by atoms with Crippen molar-refractivity contribution in [3.05, 3.63) is 59.5 Å². The summed E-state index contributed by atoms with van der Waals surface area (Å²) in [7, 11) is 3.28. The summed E-state index contributed by atoms with van der Waals surface area (Å²) >= 11 is 0. The molecule has 10 nitrogen and oxygen atoms in total. The van der Waals surface area contributed by atoms with Crippen molar-refractivity contribution in [1.29, 1.82) is 0 Å². The van der Waals surface area contributed by atoms with Crippen LogP contribution in [0.25, 0.3) is 0 Å².